The zero-order valence-corrected chi connectivity index (χ0v) is 10.7. The minimum Gasteiger partial charge on any atom is -0.311 e. The van der Waals surface area contributed by atoms with Crippen LogP contribution in [0.15, 0.2) is 11.4 Å². The van der Waals surface area contributed by atoms with E-state index in [9.17, 15) is 0 Å². The Kier molecular flexibility index (Phi) is 3.67. The summed E-state index contributed by atoms with van der Waals surface area (Å²) in [5, 5.41) is 6.46. The van der Waals surface area contributed by atoms with Crippen LogP contribution in [0.2, 0.25) is 5.02 Å². The number of hydrogen-bond acceptors (Lipinski definition) is 3. The molecule has 2 nitrogen and oxygen atoms in total. The first-order valence-electron chi connectivity index (χ1n) is 5.36. The van der Waals surface area contributed by atoms with Gasteiger partial charge in [0.1, 0.15) is 0 Å². The summed E-state index contributed by atoms with van der Waals surface area (Å²) in [5.74, 6) is 0. The van der Waals surface area contributed by atoms with E-state index in [-0.39, 0.29) is 0 Å². The molecule has 1 aromatic rings. The zero-order valence-electron chi connectivity index (χ0n) is 9.16. The van der Waals surface area contributed by atoms with E-state index < -0.39 is 0 Å². The van der Waals surface area contributed by atoms with Crippen molar-refractivity contribution in [1.82, 2.24) is 10.2 Å². The molecule has 1 saturated heterocycles. The smallest absolute Gasteiger partial charge is 0.0558 e. The highest BCUT2D eigenvalue weighted by molar-refractivity contribution is 7.10. The molecule has 0 spiro atoms. The normalized spacial score (nSPS) is 28.2. The van der Waals surface area contributed by atoms with E-state index in [0.29, 0.717) is 12.1 Å². The number of nitrogens with one attached hydrogen (secondary N) is 1. The Morgan fingerprint density at radius 2 is 2.40 bits per heavy atom. The van der Waals surface area contributed by atoms with Gasteiger partial charge in [0.25, 0.3) is 0 Å². The van der Waals surface area contributed by atoms with Crippen molar-refractivity contribution in [2.24, 2.45) is 0 Å². The number of rotatable bonds is 2. The second kappa shape index (κ2) is 4.83. The third-order valence-electron chi connectivity index (χ3n) is 2.93. The second-order valence-electron chi connectivity index (χ2n) is 4.28. The van der Waals surface area contributed by atoms with E-state index in [1.807, 2.05) is 6.07 Å². The van der Waals surface area contributed by atoms with E-state index in [4.69, 9.17) is 11.6 Å². The maximum atomic E-state index is 6.11. The van der Waals surface area contributed by atoms with Crippen molar-refractivity contribution in [3.8, 4) is 0 Å². The molecule has 0 bridgehead atoms. The van der Waals surface area contributed by atoms with Gasteiger partial charge in [-0.3, -0.25) is 4.90 Å². The molecule has 84 valence electrons. The fourth-order valence-electron chi connectivity index (χ4n) is 1.94. The molecule has 0 radical (unpaired) electrons. The Balaban J connectivity index is 2.01. The molecule has 1 aliphatic heterocycles. The van der Waals surface area contributed by atoms with Crippen LogP contribution in [0.25, 0.3) is 0 Å². The summed E-state index contributed by atoms with van der Waals surface area (Å²) in [7, 11) is 0. The molecule has 1 aliphatic rings. The maximum absolute atomic E-state index is 6.11. The number of hydrogen-bond donors (Lipinski definition) is 1. The Morgan fingerprint density at radius 3 is 3.07 bits per heavy atom. The van der Waals surface area contributed by atoms with E-state index in [1.54, 1.807) is 11.3 Å². The molecular formula is C11H17ClN2S. The largest absolute Gasteiger partial charge is 0.311 e. The van der Waals surface area contributed by atoms with Crippen LogP contribution in [0.3, 0.4) is 0 Å². The predicted molar refractivity (Wildman–Crippen MR) is 66.7 cm³/mol. The molecule has 15 heavy (non-hydrogen) atoms. The molecule has 1 fully saturated rings. The SMILES string of the molecule is CC1CN(Cc2sccc2Cl)C(C)CN1. The summed E-state index contributed by atoms with van der Waals surface area (Å²) in [4.78, 5) is 3.79. The van der Waals surface area contributed by atoms with E-state index in [2.05, 4.69) is 29.4 Å². The van der Waals surface area contributed by atoms with Crippen molar-refractivity contribution in [2.75, 3.05) is 13.1 Å². The molecule has 4 heteroatoms. The Morgan fingerprint density at radius 1 is 1.60 bits per heavy atom. The lowest BCUT2D eigenvalue weighted by Gasteiger charge is -2.37. The summed E-state index contributed by atoms with van der Waals surface area (Å²) < 4.78 is 0. The van der Waals surface area contributed by atoms with Crippen LogP contribution < -0.4 is 5.32 Å². The fourth-order valence-corrected chi connectivity index (χ4v) is 3.06. The van der Waals surface area contributed by atoms with Crippen molar-refractivity contribution in [2.45, 2.75) is 32.5 Å². The minimum atomic E-state index is 0.583. The maximum Gasteiger partial charge on any atom is 0.0558 e. The lowest BCUT2D eigenvalue weighted by atomic mass is 10.1. The van der Waals surface area contributed by atoms with Crippen LogP contribution in [0.4, 0.5) is 0 Å². The van der Waals surface area contributed by atoms with Gasteiger partial charge in [-0.1, -0.05) is 11.6 Å². The van der Waals surface area contributed by atoms with Crippen LogP contribution in [-0.4, -0.2) is 30.1 Å². The van der Waals surface area contributed by atoms with Gasteiger partial charge in [0.15, 0.2) is 0 Å². The average molecular weight is 245 g/mol. The molecule has 2 rings (SSSR count). The number of thiophene rings is 1. The van der Waals surface area contributed by atoms with Gasteiger partial charge in [0, 0.05) is 36.6 Å². The monoisotopic (exact) mass is 244 g/mol. The molecule has 2 unspecified atom stereocenters. The minimum absolute atomic E-state index is 0.583. The molecule has 2 heterocycles. The molecular weight excluding hydrogens is 228 g/mol. The van der Waals surface area contributed by atoms with Crippen molar-refractivity contribution < 1.29 is 0 Å². The van der Waals surface area contributed by atoms with Gasteiger partial charge >= 0.3 is 0 Å². The third-order valence-corrected chi connectivity index (χ3v) is 4.30. The van der Waals surface area contributed by atoms with Crippen LogP contribution in [0.1, 0.15) is 18.7 Å². The number of nitrogens with zero attached hydrogens (tertiary/aromatic N) is 1. The summed E-state index contributed by atoms with van der Waals surface area (Å²) in [6.45, 7) is 7.67. The quantitative estimate of drug-likeness (QED) is 0.861. The first-order valence-corrected chi connectivity index (χ1v) is 6.62. The van der Waals surface area contributed by atoms with Gasteiger partial charge in [-0.15, -0.1) is 11.3 Å². The first kappa shape index (κ1) is 11.4. The van der Waals surface area contributed by atoms with Crippen molar-refractivity contribution in [1.29, 1.82) is 0 Å². The van der Waals surface area contributed by atoms with Crippen molar-refractivity contribution >= 4 is 22.9 Å². The van der Waals surface area contributed by atoms with Gasteiger partial charge < -0.3 is 5.32 Å². The highest BCUT2D eigenvalue weighted by Crippen LogP contribution is 2.24. The third kappa shape index (κ3) is 2.72. The van der Waals surface area contributed by atoms with Gasteiger partial charge in [-0.25, -0.2) is 0 Å². The van der Waals surface area contributed by atoms with Crippen molar-refractivity contribution in [3.63, 3.8) is 0 Å². The molecule has 0 amide bonds. The van der Waals surface area contributed by atoms with E-state index in [1.165, 1.54) is 4.88 Å². The van der Waals surface area contributed by atoms with Crippen LogP contribution in [0.5, 0.6) is 0 Å². The van der Waals surface area contributed by atoms with Gasteiger partial charge in [0.05, 0.1) is 5.02 Å². The summed E-state index contributed by atoms with van der Waals surface area (Å²) in [5.41, 5.74) is 0. The lowest BCUT2D eigenvalue weighted by Crippen LogP contribution is -2.53. The predicted octanol–water partition coefficient (Wildman–Crippen LogP) is 2.58. The summed E-state index contributed by atoms with van der Waals surface area (Å²) >= 11 is 7.86. The average Bonchev–Trinajstić information content (AvgIpc) is 2.58. The number of halogens is 1. The molecule has 0 aromatic carbocycles. The Bertz CT molecular complexity index is 326. The second-order valence-corrected chi connectivity index (χ2v) is 5.69. The van der Waals surface area contributed by atoms with E-state index >= 15 is 0 Å². The van der Waals surface area contributed by atoms with Gasteiger partial charge in [-0.05, 0) is 25.3 Å². The Labute approximate surface area is 100 Å². The van der Waals surface area contributed by atoms with Crippen LogP contribution in [0, 0.1) is 0 Å². The molecule has 1 N–H and O–H groups in total. The topological polar surface area (TPSA) is 15.3 Å². The molecule has 0 aliphatic carbocycles. The van der Waals surface area contributed by atoms with Crippen LogP contribution >= 0.6 is 22.9 Å². The lowest BCUT2D eigenvalue weighted by molar-refractivity contribution is 0.140. The standard InChI is InChI=1S/C11H17ClN2S/c1-8-6-14(9(2)5-13-8)7-11-10(12)3-4-15-11/h3-4,8-9,13H,5-7H2,1-2H3. The summed E-state index contributed by atoms with van der Waals surface area (Å²) in [6, 6.07) is 3.16. The first-order chi connectivity index (χ1) is 7.16. The molecule has 0 saturated carbocycles. The van der Waals surface area contributed by atoms with Crippen LogP contribution in [-0.2, 0) is 6.54 Å². The highest BCUT2D eigenvalue weighted by atomic mass is 35.5. The number of piperazine rings is 1. The molecule has 2 atom stereocenters. The van der Waals surface area contributed by atoms with Crippen molar-refractivity contribution in [3.05, 3.63) is 21.3 Å². The Hall–Kier alpha value is -0.0900. The molecule has 1 aromatic heterocycles. The zero-order chi connectivity index (χ0) is 10.8. The highest BCUT2D eigenvalue weighted by Gasteiger charge is 2.22. The van der Waals surface area contributed by atoms with Gasteiger partial charge in [-0.2, -0.15) is 0 Å². The summed E-state index contributed by atoms with van der Waals surface area (Å²) in [6.07, 6.45) is 0. The fraction of sp³-hybridized carbons (Fsp3) is 0.636. The van der Waals surface area contributed by atoms with E-state index in [0.717, 1.165) is 24.7 Å². The van der Waals surface area contributed by atoms with Gasteiger partial charge in [0.2, 0.25) is 0 Å².